The van der Waals surface area contributed by atoms with Gasteiger partial charge in [-0.25, -0.2) is 0 Å². The van der Waals surface area contributed by atoms with Crippen molar-refractivity contribution in [2.45, 2.75) is 70.6 Å². The zero-order valence-corrected chi connectivity index (χ0v) is 22.2. The number of aromatic amines is 1. The van der Waals surface area contributed by atoms with Crippen molar-refractivity contribution in [3.8, 4) is 0 Å². The number of aromatic nitrogens is 1. The first-order chi connectivity index (χ1) is 18.5. The van der Waals surface area contributed by atoms with Crippen LogP contribution < -0.4 is 16.0 Å². The molecule has 5 N–H and O–H groups in total. The molecule has 1 saturated heterocycles. The van der Waals surface area contributed by atoms with Crippen LogP contribution in [0.25, 0.3) is 10.9 Å². The highest BCUT2D eigenvalue weighted by atomic mass is 16.4. The average molecular weight is 542 g/mol. The number of nitrogens with one attached hydrogen (secondary N) is 4. The molecular weight excluding hydrogens is 506 g/mol. The highest BCUT2D eigenvalue weighted by Gasteiger charge is 2.40. The Morgan fingerprint density at radius 2 is 1.85 bits per heavy atom. The number of amides is 4. The Morgan fingerprint density at radius 3 is 2.49 bits per heavy atom. The first-order valence-corrected chi connectivity index (χ1v) is 12.9. The summed E-state index contributed by atoms with van der Waals surface area (Å²) in [7, 11) is 0. The standard InChI is InChI=1S/C27H35N5O7/c1-15(2)24(27(39)32-10-6-9-22(32)26(38)30-18(14-33)12-23(35)36)31-25(37)21(29-16(3)34)11-17-13-28-20-8-5-4-7-19(17)20/h4-5,7-8,13-15,18,21-22,24,28H,6,9-12H2,1-3H3,(H,29,34)(H,30,38)(H,31,37)(H,35,36)/t18-,21+,22-,24-/m0/s1. The van der Waals surface area contributed by atoms with Crippen LogP contribution in [0.3, 0.4) is 0 Å². The molecule has 0 bridgehead atoms. The van der Waals surface area contributed by atoms with Gasteiger partial charge in [0.2, 0.25) is 23.6 Å². The fourth-order valence-electron chi connectivity index (χ4n) is 4.82. The first-order valence-electron chi connectivity index (χ1n) is 12.9. The van der Waals surface area contributed by atoms with Gasteiger partial charge in [-0.2, -0.15) is 0 Å². The van der Waals surface area contributed by atoms with E-state index >= 15 is 0 Å². The minimum Gasteiger partial charge on any atom is -0.481 e. The largest absolute Gasteiger partial charge is 0.481 e. The van der Waals surface area contributed by atoms with Gasteiger partial charge in [0.25, 0.3) is 0 Å². The van der Waals surface area contributed by atoms with E-state index in [0.29, 0.717) is 19.1 Å². The maximum atomic E-state index is 13.6. The number of benzene rings is 1. The summed E-state index contributed by atoms with van der Waals surface area (Å²) in [6.07, 6.45) is 2.62. The average Bonchev–Trinajstić information content (AvgIpc) is 3.53. The summed E-state index contributed by atoms with van der Waals surface area (Å²) >= 11 is 0. The van der Waals surface area contributed by atoms with Crippen LogP contribution in [0.1, 0.15) is 45.6 Å². The Hall–Kier alpha value is -4.22. The summed E-state index contributed by atoms with van der Waals surface area (Å²) in [5.41, 5.74) is 1.72. The van der Waals surface area contributed by atoms with Gasteiger partial charge in [-0.15, -0.1) is 0 Å². The van der Waals surface area contributed by atoms with Crippen molar-refractivity contribution in [2.75, 3.05) is 6.54 Å². The summed E-state index contributed by atoms with van der Waals surface area (Å²) in [5.74, 6) is -3.61. The molecule has 4 amide bonds. The molecule has 12 nitrogen and oxygen atoms in total. The number of hydrogen-bond acceptors (Lipinski definition) is 6. The van der Waals surface area contributed by atoms with Gasteiger partial charge >= 0.3 is 5.97 Å². The molecule has 0 radical (unpaired) electrons. The van der Waals surface area contributed by atoms with E-state index in [1.807, 2.05) is 24.3 Å². The second kappa shape index (κ2) is 13.0. The molecule has 1 aromatic carbocycles. The predicted octanol–water partition coefficient (Wildman–Crippen LogP) is 0.505. The smallest absolute Gasteiger partial charge is 0.305 e. The third-order valence-electron chi connectivity index (χ3n) is 6.75. The maximum Gasteiger partial charge on any atom is 0.305 e. The lowest BCUT2D eigenvalue weighted by molar-refractivity contribution is -0.143. The molecule has 3 rings (SSSR count). The van der Waals surface area contributed by atoms with Crippen LogP contribution in [0.2, 0.25) is 0 Å². The van der Waals surface area contributed by atoms with Gasteiger partial charge in [0, 0.05) is 37.0 Å². The quantitative estimate of drug-likeness (QED) is 0.243. The van der Waals surface area contributed by atoms with Crippen molar-refractivity contribution < 1.29 is 33.9 Å². The number of carbonyl (C=O) groups excluding carboxylic acids is 5. The van der Waals surface area contributed by atoms with Crippen molar-refractivity contribution in [3.63, 3.8) is 0 Å². The van der Waals surface area contributed by atoms with E-state index in [0.717, 1.165) is 16.5 Å². The fourth-order valence-corrected chi connectivity index (χ4v) is 4.82. The maximum absolute atomic E-state index is 13.6. The Labute approximate surface area is 225 Å². The van der Waals surface area contributed by atoms with Crippen molar-refractivity contribution >= 4 is 46.8 Å². The second-order valence-electron chi connectivity index (χ2n) is 10.1. The minimum absolute atomic E-state index is 0.194. The number of carbonyl (C=O) groups is 6. The summed E-state index contributed by atoms with van der Waals surface area (Å²) in [4.78, 5) is 78.4. The van der Waals surface area contributed by atoms with Crippen LogP contribution in [-0.4, -0.2) is 81.6 Å². The van der Waals surface area contributed by atoms with Crippen LogP contribution in [-0.2, 0) is 35.2 Å². The SMILES string of the molecule is CC(=O)N[C@H](Cc1c[nH]c2ccccc12)C(=O)N[C@H](C(=O)N1CCC[C@H]1C(=O)N[C@H](C=O)CC(=O)O)C(C)C. The van der Waals surface area contributed by atoms with E-state index in [9.17, 15) is 28.8 Å². The van der Waals surface area contributed by atoms with Crippen molar-refractivity contribution in [1.82, 2.24) is 25.8 Å². The molecule has 4 atom stereocenters. The van der Waals surface area contributed by atoms with E-state index in [4.69, 9.17) is 5.11 Å². The zero-order valence-electron chi connectivity index (χ0n) is 22.2. The molecule has 1 aliphatic rings. The molecule has 0 unspecified atom stereocenters. The van der Waals surface area contributed by atoms with Gasteiger partial charge in [-0.05, 0) is 30.4 Å². The Kier molecular flexibility index (Phi) is 9.80. The molecule has 12 heteroatoms. The molecule has 2 heterocycles. The number of hydrogen-bond donors (Lipinski definition) is 5. The Bertz CT molecular complexity index is 1240. The monoisotopic (exact) mass is 541 g/mol. The van der Waals surface area contributed by atoms with Crippen molar-refractivity contribution in [1.29, 1.82) is 0 Å². The highest BCUT2D eigenvalue weighted by molar-refractivity contribution is 5.95. The lowest BCUT2D eigenvalue weighted by Gasteiger charge is -2.31. The molecule has 0 saturated carbocycles. The normalized spacial score (nSPS) is 17.3. The third-order valence-corrected chi connectivity index (χ3v) is 6.75. The number of aliphatic carboxylic acids is 1. The van der Waals surface area contributed by atoms with Gasteiger partial charge < -0.3 is 35.7 Å². The topological polar surface area (TPSA) is 178 Å². The van der Waals surface area contributed by atoms with Gasteiger partial charge in [-0.3, -0.25) is 24.0 Å². The number of carboxylic acids is 1. The van der Waals surface area contributed by atoms with E-state index < -0.39 is 60.2 Å². The lowest BCUT2D eigenvalue weighted by Crippen LogP contribution is -2.58. The number of aldehydes is 1. The Balaban J connectivity index is 1.75. The molecule has 1 aromatic heterocycles. The van der Waals surface area contributed by atoms with Crippen LogP contribution in [0.15, 0.2) is 30.5 Å². The number of carboxylic acid groups (broad SMARTS) is 1. The van der Waals surface area contributed by atoms with Crippen LogP contribution in [0, 0.1) is 5.92 Å². The van der Waals surface area contributed by atoms with Crippen molar-refractivity contribution in [3.05, 3.63) is 36.0 Å². The third kappa shape index (κ3) is 7.43. The molecule has 1 aliphatic heterocycles. The van der Waals surface area contributed by atoms with Gasteiger partial charge in [0.05, 0.1) is 12.5 Å². The summed E-state index contributed by atoms with van der Waals surface area (Å²) in [5, 5.41) is 17.7. The van der Waals surface area contributed by atoms with Crippen LogP contribution in [0.5, 0.6) is 0 Å². The molecule has 39 heavy (non-hydrogen) atoms. The number of fused-ring (bicyclic) bond motifs is 1. The van der Waals surface area contributed by atoms with Crippen LogP contribution in [0.4, 0.5) is 0 Å². The zero-order chi connectivity index (χ0) is 28.7. The molecule has 1 fully saturated rings. The Morgan fingerprint density at radius 1 is 1.13 bits per heavy atom. The summed E-state index contributed by atoms with van der Waals surface area (Å²) in [6.45, 7) is 5.10. The fraction of sp³-hybridized carbons (Fsp3) is 0.481. The van der Waals surface area contributed by atoms with E-state index in [1.165, 1.54) is 11.8 Å². The van der Waals surface area contributed by atoms with E-state index in [2.05, 4.69) is 20.9 Å². The van der Waals surface area contributed by atoms with Gasteiger partial charge in [-0.1, -0.05) is 32.0 Å². The summed E-state index contributed by atoms with van der Waals surface area (Å²) < 4.78 is 0. The number of H-pyrrole nitrogens is 1. The molecule has 2 aromatic rings. The van der Waals surface area contributed by atoms with Crippen LogP contribution >= 0.6 is 0 Å². The summed E-state index contributed by atoms with van der Waals surface area (Å²) in [6, 6.07) is 3.54. The molecule has 0 aliphatic carbocycles. The molecular formula is C27H35N5O7. The lowest BCUT2D eigenvalue weighted by atomic mass is 9.99. The number of nitrogens with zero attached hydrogens (tertiary/aromatic N) is 1. The molecule has 210 valence electrons. The van der Waals surface area contributed by atoms with E-state index in [1.54, 1.807) is 20.0 Å². The highest BCUT2D eigenvalue weighted by Crippen LogP contribution is 2.22. The second-order valence-corrected chi connectivity index (χ2v) is 10.1. The predicted molar refractivity (Wildman–Crippen MR) is 141 cm³/mol. The van der Waals surface area contributed by atoms with Gasteiger partial charge in [0.1, 0.15) is 24.4 Å². The van der Waals surface area contributed by atoms with Crippen molar-refractivity contribution in [2.24, 2.45) is 5.92 Å². The van der Waals surface area contributed by atoms with E-state index in [-0.39, 0.29) is 18.9 Å². The number of rotatable bonds is 12. The minimum atomic E-state index is -1.24. The molecule has 0 spiro atoms. The number of para-hydroxylation sites is 1. The first kappa shape index (κ1) is 29.3. The van der Waals surface area contributed by atoms with Gasteiger partial charge in [0.15, 0.2) is 0 Å². The number of likely N-dealkylation sites (tertiary alicyclic amines) is 1.